The predicted molar refractivity (Wildman–Crippen MR) is 239 cm³/mol. The number of fused-ring (bicyclic) bond motifs is 9. The number of aromatic nitrogens is 2. The number of para-hydroxylation sites is 4. The third-order valence-corrected chi connectivity index (χ3v) is 11.7. The largest absolute Gasteiger partial charge is 0.454 e. The van der Waals surface area contributed by atoms with Gasteiger partial charge in [-0.05, 0) is 88.0 Å². The Kier molecular flexibility index (Phi) is 6.93. The zero-order valence-corrected chi connectivity index (χ0v) is 30.9. The van der Waals surface area contributed by atoms with E-state index in [9.17, 15) is 0 Å². The fraction of sp³-hybridized carbons (Fsp3) is 0. The molecule has 0 unspecified atom stereocenters. The summed E-state index contributed by atoms with van der Waals surface area (Å²) in [5.41, 5.74) is 15.7. The number of hydrogen-bond donors (Lipinski definition) is 0. The molecule has 0 spiro atoms. The van der Waals surface area contributed by atoms with Crippen LogP contribution in [0.5, 0.6) is 0 Å². The van der Waals surface area contributed by atoms with Crippen molar-refractivity contribution in [1.82, 2.24) is 9.13 Å². The van der Waals surface area contributed by atoms with Crippen LogP contribution in [0.2, 0.25) is 0 Å². The van der Waals surface area contributed by atoms with Gasteiger partial charge in [0.05, 0.1) is 27.8 Å². The summed E-state index contributed by atoms with van der Waals surface area (Å²) in [5, 5.41) is 7.14. The third kappa shape index (κ3) is 4.73. The van der Waals surface area contributed by atoms with E-state index in [0.29, 0.717) is 0 Å². The van der Waals surface area contributed by atoms with E-state index in [-0.39, 0.29) is 0 Å². The highest BCUT2D eigenvalue weighted by molar-refractivity contribution is 6.20. The quantitative estimate of drug-likeness (QED) is 0.173. The summed E-state index contributed by atoms with van der Waals surface area (Å²) in [7, 11) is 0. The third-order valence-electron chi connectivity index (χ3n) is 11.7. The monoisotopic (exact) mass is 726 g/mol. The number of benzene rings is 9. The standard InChI is InChI=1S/C54H34N2O/c1-3-16-35(17-4-1)38-20-7-8-21-40(38)42-31-33-50(54-53(42)44-24-11-14-29-51(44)57-54)56-47-27-13-10-23-43(47)52-39(25-15-28-49(52)56)36-30-32-48-45(34-36)41-22-9-12-26-46(41)55(48)37-18-5-2-6-19-37/h1-34H. The minimum absolute atomic E-state index is 0.875. The second-order valence-electron chi connectivity index (χ2n) is 14.8. The molecule has 3 heterocycles. The van der Waals surface area contributed by atoms with Crippen molar-refractivity contribution >= 4 is 65.6 Å². The molecule has 266 valence electrons. The van der Waals surface area contributed by atoms with Gasteiger partial charge < -0.3 is 13.6 Å². The Bertz CT molecular complexity index is 3510. The fourth-order valence-electron chi connectivity index (χ4n) is 9.32. The summed E-state index contributed by atoms with van der Waals surface area (Å²) < 4.78 is 11.7. The smallest absolute Gasteiger partial charge is 0.160 e. The van der Waals surface area contributed by atoms with E-state index in [1.54, 1.807) is 0 Å². The van der Waals surface area contributed by atoms with Crippen LogP contribution in [0.1, 0.15) is 0 Å². The van der Waals surface area contributed by atoms with Gasteiger partial charge in [0, 0.05) is 38.0 Å². The van der Waals surface area contributed by atoms with Gasteiger partial charge in [-0.15, -0.1) is 0 Å². The molecule has 9 aromatic carbocycles. The van der Waals surface area contributed by atoms with Crippen LogP contribution in [0.25, 0.3) is 110 Å². The van der Waals surface area contributed by atoms with Crippen LogP contribution < -0.4 is 0 Å². The molecule has 0 aliphatic rings. The van der Waals surface area contributed by atoms with Crippen LogP contribution in [0.15, 0.2) is 211 Å². The predicted octanol–water partition coefficient (Wildman–Crippen LogP) is 14.8. The van der Waals surface area contributed by atoms with Crippen molar-refractivity contribution in [3.05, 3.63) is 206 Å². The van der Waals surface area contributed by atoms with Crippen molar-refractivity contribution < 1.29 is 4.42 Å². The fourth-order valence-corrected chi connectivity index (χ4v) is 9.32. The minimum atomic E-state index is 0.875. The average molecular weight is 727 g/mol. The molecule has 0 aliphatic carbocycles. The molecule has 0 saturated carbocycles. The number of hydrogen-bond acceptors (Lipinski definition) is 1. The number of rotatable bonds is 5. The van der Waals surface area contributed by atoms with Crippen LogP contribution >= 0.6 is 0 Å². The van der Waals surface area contributed by atoms with Crippen molar-refractivity contribution in [2.45, 2.75) is 0 Å². The Balaban J connectivity index is 1.12. The zero-order valence-electron chi connectivity index (χ0n) is 30.9. The van der Waals surface area contributed by atoms with Crippen molar-refractivity contribution in [3.8, 4) is 44.8 Å². The lowest BCUT2D eigenvalue weighted by atomic mass is 9.91. The van der Waals surface area contributed by atoms with Gasteiger partial charge in [0.1, 0.15) is 5.58 Å². The molecule has 0 aliphatic heterocycles. The van der Waals surface area contributed by atoms with E-state index >= 15 is 0 Å². The van der Waals surface area contributed by atoms with Crippen LogP contribution in [-0.4, -0.2) is 9.13 Å². The van der Waals surface area contributed by atoms with Gasteiger partial charge >= 0.3 is 0 Å². The molecular formula is C54H34N2O. The molecule has 0 fully saturated rings. The Hall–Kier alpha value is -7.62. The molecule has 0 atom stereocenters. The normalized spacial score (nSPS) is 11.9. The van der Waals surface area contributed by atoms with Crippen molar-refractivity contribution in [3.63, 3.8) is 0 Å². The molecule has 0 radical (unpaired) electrons. The van der Waals surface area contributed by atoms with Crippen LogP contribution in [0.4, 0.5) is 0 Å². The van der Waals surface area contributed by atoms with Crippen molar-refractivity contribution in [1.29, 1.82) is 0 Å². The molecule has 3 nitrogen and oxygen atoms in total. The maximum atomic E-state index is 6.93. The van der Waals surface area contributed by atoms with Crippen LogP contribution in [0.3, 0.4) is 0 Å². The molecular weight excluding hydrogens is 693 g/mol. The molecule has 12 aromatic rings. The lowest BCUT2D eigenvalue weighted by Crippen LogP contribution is -1.96. The summed E-state index contributed by atoms with van der Waals surface area (Å²) in [5.74, 6) is 0. The second-order valence-corrected chi connectivity index (χ2v) is 14.8. The van der Waals surface area contributed by atoms with Gasteiger partial charge in [-0.3, -0.25) is 0 Å². The summed E-state index contributed by atoms with van der Waals surface area (Å²) in [6, 6.07) is 74.2. The summed E-state index contributed by atoms with van der Waals surface area (Å²) in [6.07, 6.45) is 0. The van der Waals surface area contributed by atoms with E-state index in [4.69, 9.17) is 4.42 Å². The highest BCUT2D eigenvalue weighted by Crippen LogP contribution is 2.46. The summed E-state index contributed by atoms with van der Waals surface area (Å²) in [4.78, 5) is 0. The number of nitrogens with zero attached hydrogens (tertiary/aromatic N) is 2. The van der Waals surface area contributed by atoms with E-state index < -0.39 is 0 Å². The van der Waals surface area contributed by atoms with E-state index in [2.05, 4.69) is 215 Å². The Morgan fingerprint density at radius 2 is 0.930 bits per heavy atom. The zero-order chi connectivity index (χ0) is 37.5. The van der Waals surface area contributed by atoms with E-state index in [0.717, 1.165) is 49.9 Å². The highest BCUT2D eigenvalue weighted by Gasteiger charge is 2.23. The first-order valence-electron chi connectivity index (χ1n) is 19.5. The van der Waals surface area contributed by atoms with Gasteiger partial charge in [-0.2, -0.15) is 0 Å². The first kappa shape index (κ1) is 31.7. The molecule has 57 heavy (non-hydrogen) atoms. The molecule has 12 rings (SSSR count). The van der Waals surface area contributed by atoms with Gasteiger partial charge in [-0.1, -0.05) is 152 Å². The molecule has 0 N–H and O–H groups in total. The van der Waals surface area contributed by atoms with Gasteiger partial charge in [0.2, 0.25) is 0 Å². The van der Waals surface area contributed by atoms with Crippen molar-refractivity contribution in [2.24, 2.45) is 0 Å². The average Bonchev–Trinajstić information content (AvgIpc) is 3.95. The van der Waals surface area contributed by atoms with Crippen molar-refractivity contribution in [2.75, 3.05) is 0 Å². The Labute approximate surface area is 328 Å². The summed E-state index contributed by atoms with van der Waals surface area (Å²) in [6.45, 7) is 0. The molecule has 3 aromatic heterocycles. The van der Waals surface area contributed by atoms with Crippen LogP contribution in [-0.2, 0) is 0 Å². The van der Waals surface area contributed by atoms with Gasteiger partial charge in [0.25, 0.3) is 0 Å². The van der Waals surface area contributed by atoms with Gasteiger partial charge in [-0.25, -0.2) is 0 Å². The first-order valence-corrected chi connectivity index (χ1v) is 19.5. The Morgan fingerprint density at radius 3 is 1.75 bits per heavy atom. The van der Waals surface area contributed by atoms with Gasteiger partial charge in [0.15, 0.2) is 5.58 Å². The topological polar surface area (TPSA) is 23.0 Å². The Morgan fingerprint density at radius 1 is 0.316 bits per heavy atom. The molecule has 0 bridgehead atoms. The lowest BCUT2D eigenvalue weighted by molar-refractivity contribution is 0.666. The van der Waals surface area contributed by atoms with E-state index in [1.165, 1.54) is 60.4 Å². The first-order chi connectivity index (χ1) is 28.3. The maximum Gasteiger partial charge on any atom is 0.160 e. The van der Waals surface area contributed by atoms with E-state index in [1.807, 2.05) is 0 Å². The number of furan rings is 1. The SMILES string of the molecule is c1ccc(-c2ccccc2-c2ccc(-n3c4ccccc4c4c(-c5ccc6c(c5)c5ccccc5n6-c5ccccc5)cccc43)c3oc4ccccc4c23)cc1. The summed E-state index contributed by atoms with van der Waals surface area (Å²) >= 11 is 0. The molecule has 3 heteroatoms. The lowest BCUT2D eigenvalue weighted by Gasteiger charge is -2.14. The molecule has 0 saturated heterocycles. The second kappa shape index (κ2) is 12.5. The molecule has 0 amide bonds. The highest BCUT2D eigenvalue weighted by atomic mass is 16.3. The minimum Gasteiger partial charge on any atom is -0.454 e. The maximum absolute atomic E-state index is 6.93. The van der Waals surface area contributed by atoms with Crippen LogP contribution in [0, 0.1) is 0 Å².